The molecule has 0 saturated carbocycles. The van der Waals surface area contributed by atoms with Gasteiger partial charge in [-0.3, -0.25) is 0 Å². The molecule has 24 heavy (non-hydrogen) atoms. The largest absolute Gasteiger partial charge is 0.425 e. The fourth-order valence-electron chi connectivity index (χ4n) is 3.60. The minimum absolute atomic E-state index is 0.242. The molecule has 0 aromatic carbocycles. The lowest BCUT2D eigenvalue weighted by molar-refractivity contribution is 0.166. The molecule has 2 aliphatic rings. The Morgan fingerprint density at radius 3 is 2.96 bits per heavy atom. The number of nitriles is 1. The number of hydrogen-bond donors (Lipinski definition) is 0. The first-order valence-electron chi connectivity index (χ1n) is 7.74. The maximum absolute atomic E-state index is 9.12. The van der Waals surface area contributed by atoms with Crippen LogP contribution in [0.2, 0.25) is 5.02 Å². The molecule has 4 heterocycles. The summed E-state index contributed by atoms with van der Waals surface area (Å²) in [7, 11) is 0. The molecule has 2 atom stereocenters. The standard InChI is InChI=1S/C16H16ClN5O2/c1-9-11(4-18)3-13(17)14(19-9)22-5-12-6-23-8-16(12,7-22)15-21-20-10(2)24-15/h3,12H,5-8H2,1-2H3/t12-,16-/m0/s1. The molecule has 2 saturated heterocycles. The van der Waals surface area contributed by atoms with Gasteiger partial charge >= 0.3 is 0 Å². The molecule has 7 nitrogen and oxygen atoms in total. The number of halogens is 1. The van der Waals surface area contributed by atoms with E-state index in [2.05, 4.69) is 26.2 Å². The average molecular weight is 346 g/mol. The van der Waals surface area contributed by atoms with Crippen LogP contribution in [0.4, 0.5) is 5.82 Å². The van der Waals surface area contributed by atoms with E-state index in [-0.39, 0.29) is 11.3 Å². The highest BCUT2D eigenvalue weighted by Gasteiger charge is 2.55. The number of rotatable bonds is 2. The number of ether oxygens (including phenoxy) is 1. The van der Waals surface area contributed by atoms with E-state index in [1.165, 1.54) is 0 Å². The minimum Gasteiger partial charge on any atom is -0.425 e. The topological polar surface area (TPSA) is 88.1 Å². The molecule has 0 unspecified atom stereocenters. The van der Waals surface area contributed by atoms with Crippen molar-refractivity contribution < 1.29 is 9.15 Å². The Hall–Kier alpha value is -2.17. The summed E-state index contributed by atoms with van der Waals surface area (Å²) in [5, 5.41) is 17.8. The summed E-state index contributed by atoms with van der Waals surface area (Å²) in [6.45, 7) is 6.19. The molecule has 0 radical (unpaired) electrons. The zero-order valence-corrected chi connectivity index (χ0v) is 14.2. The van der Waals surface area contributed by atoms with Gasteiger partial charge in [-0.2, -0.15) is 5.26 Å². The summed E-state index contributed by atoms with van der Waals surface area (Å²) >= 11 is 6.37. The molecule has 0 aliphatic carbocycles. The lowest BCUT2D eigenvalue weighted by Crippen LogP contribution is -2.36. The molecule has 0 amide bonds. The Bertz CT molecular complexity index is 845. The third-order valence-corrected chi connectivity index (χ3v) is 5.17. The van der Waals surface area contributed by atoms with Crippen molar-refractivity contribution in [3.63, 3.8) is 0 Å². The molecule has 2 aromatic heterocycles. The third-order valence-electron chi connectivity index (χ3n) is 4.89. The molecule has 0 N–H and O–H groups in total. The molecule has 0 spiro atoms. The van der Waals surface area contributed by atoms with Gasteiger partial charge in [0.25, 0.3) is 0 Å². The lowest BCUT2D eigenvalue weighted by Gasteiger charge is -2.24. The van der Waals surface area contributed by atoms with Crippen LogP contribution in [0.25, 0.3) is 0 Å². The molecule has 2 aromatic rings. The van der Waals surface area contributed by atoms with Crippen molar-refractivity contribution in [2.24, 2.45) is 5.92 Å². The first-order valence-corrected chi connectivity index (χ1v) is 8.12. The molecule has 124 valence electrons. The smallest absolute Gasteiger partial charge is 0.227 e. The van der Waals surface area contributed by atoms with Gasteiger partial charge in [-0.05, 0) is 13.0 Å². The molecule has 8 heteroatoms. The van der Waals surface area contributed by atoms with E-state index in [0.29, 0.717) is 53.6 Å². The number of nitrogens with zero attached hydrogens (tertiary/aromatic N) is 5. The van der Waals surface area contributed by atoms with Crippen LogP contribution in [0, 0.1) is 31.1 Å². The maximum Gasteiger partial charge on any atom is 0.227 e. The van der Waals surface area contributed by atoms with E-state index >= 15 is 0 Å². The second-order valence-electron chi connectivity index (χ2n) is 6.41. The van der Waals surface area contributed by atoms with Gasteiger partial charge in [-0.15, -0.1) is 10.2 Å². The first kappa shape index (κ1) is 15.4. The zero-order valence-electron chi connectivity index (χ0n) is 13.4. The number of fused-ring (bicyclic) bond motifs is 1. The van der Waals surface area contributed by atoms with Crippen LogP contribution in [0.15, 0.2) is 10.5 Å². The van der Waals surface area contributed by atoms with Gasteiger partial charge in [0.15, 0.2) is 0 Å². The highest BCUT2D eigenvalue weighted by atomic mass is 35.5. The van der Waals surface area contributed by atoms with Gasteiger partial charge in [-0.25, -0.2) is 4.98 Å². The molecule has 2 aliphatic heterocycles. The average Bonchev–Trinajstić information content (AvgIpc) is 3.22. The summed E-state index contributed by atoms with van der Waals surface area (Å²) in [5.74, 6) is 2.10. The summed E-state index contributed by atoms with van der Waals surface area (Å²) in [4.78, 5) is 6.67. The Kier molecular flexibility index (Phi) is 3.48. The van der Waals surface area contributed by atoms with Crippen LogP contribution in [-0.2, 0) is 10.2 Å². The second kappa shape index (κ2) is 5.43. The fraction of sp³-hybridized carbons (Fsp3) is 0.500. The number of anilines is 1. The van der Waals surface area contributed by atoms with Crippen LogP contribution in [0.5, 0.6) is 0 Å². The van der Waals surface area contributed by atoms with Crippen LogP contribution in [-0.4, -0.2) is 41.5 Å². The van der Waals surface area contributed by atoms with Gasteiger partial charge in [0.2, 0.25) is 11.8 Å². The third kappa shape index (κ3) is 2.18. The van der Waals surface area contributed by atoms with Gasteiger partial charge in [0, 0.05) is 25.9 Å². The van der Waals surface area contributed by atoms with Gasteiger partial charge in [-0.1, -0.05) is 11.6 Å². The fourth-order valence-corrected chi connectivity index (χ4v) is 3.87. The quantitative estimate of drug-likeness (QED) is 0.822. The van der Waals surface area contributed by atoms with E-state index in [0.717, 1.165) is 6.54 Å². The lowest BCUT2D eigenvalue weighted by atomic mass is 9.81. The Labute approximate surface area is 144 Å². The number of aromatic nitrogens is 3. The van der Waals surface area contributed by atoms with Crippen molar-refractivity contribution in [1.82, 2.24) is 15.2 Å². The van der Waals surface area contributed by atoms with Crippen LogP contribution in [0.1, 0.15) is 23.0 Å². The summed E-state index contributed by atoms with van der Waals surface area (Å²) < 4.78 is 11.4. The molecule has 4 rings (SSSR count). The van der Waals surface area contributed by atoms with E-state index in [1.807, 2.05) is 6.92 Å². The number of hydrogen-bond acceptors (Lipinski definition) is 7. The van der Waals surface area contributed by atoms with Crippen molar-refractivity contribution in [3.05, 3.63) is 34.1 Å². The summed E-state index contributed by atoms with van der Waals surface area (Å²) in [6.07, 6.45) is 0. The minimum atomic E-state index is -0.325. The Morgan fingerprint density at radius 2 is 2.25 bits per heavy atom. The monoisotopic (exact) mass is 345 g/mol. The van der Waals surface area contributed by atoms with Gasteiger partial charge in [0.05, 0.1) is 34.9 Å². The highest BCUT2D eigenvalue weighted by molar-refractivity contribution is 6.33. The Balaban J connectivity index is 1.71. The Morgan fingerprint density at radius 1 is 1.42 bits per heavy atom. The van der Waals surface area contributed by atoms with E-state index in [1.54, 1.807) is 13.0 Å². The molecular formula is C16H16ClN5O2. The van der Waals surface area contributed by atoms with Crippen molar-refractivity contribution in [2.75, 3.05) is 31.2 Å². The summed E-state index contributed by atoms with van der Waals surface area (Å²) in [6, 6.07) is 3.79. The van der Waals surface area contributed by atoms with Crippen LogP contribution in [0.3, 0.4) is 0 Å². The first-order chi connectivity index (χ1) is 11.5. The van der Waals surface area contributed by atoms with Crippen molar-refractivity contribution >= 4 is 17.4 Å². The number of pyridine rings is 1. The number of aryl methyl sites for hydroxylation is 2. The SMILES string of the molecule is Cc1nnc([C@@]23COC[C@@H]2CN(c2nc(C)c(C#N)cc2Cl)C3)o1. The van der Waals surface area contributed by atoms with Crippen molar-refractivity contribution in [1.29, 1.82) is 5.26 Å². The zero-order chi connectivity index (χ0) is 16.9. The normalized spacial score (nSPS) is 25.8. The van der Waals surface area contributed by atoms with E-state index in [4.69, 9.17) is 26.0 Å². The van der Waals surface area contributed by atoms with Crippen molar-refractivity contribution in [3.8, 4) is 6.07 Å². The predicted molar refractivity (Wildman–Crippen MR) is 85.9 cm³/mol. The van der Waals surface area contributed by atoms with E-state index < -0.39 is 0 Å². The van der Waals surface area contributed by atoms with Crippen LogP contribution >= 0.6 is 11.6 Å². The van der Waals surface area contributed by atoms with Crippen molar-refractivity contribution in [2.45, 2.75) is 19.3 Å². The van der Waals surface area contributed by atoms with Gasteiger partial charge < -0.3 is 14.1 Å². The summed E-state index contributed by atoms with van der Waals surface area (Å²) in [5.41, 5.74) is 0.843. The highest BCUT2D eigenvalue weighted by Crippen LogP contribution is 2.45. The predicted octanol–water partition coefficient (Wildman–Crippen LogP) is 2.01. The van der Waals surface area contributed by atoms with E-state index in [9.17, 15) is 0 Å². The van der Waals surface area contributed by atoms with Crippen LogP contribution < -0.4 is 4.90 Å². The van der Waals surface area contributed by atoms with Gasteiger partial charge in [0.1, 0.15) is 11.9 Å². The maximum atomic E-state index is 9.12. The molecule has 0 bridgehead atoms. The molecule has 2 fully saturated rings. The molecular weight excluding hydrogens is 330 g/mol. The second-order valence-corrected chi connectivity index (χ2v) is 6.82.